The van der Waals surface area contributed by atoms with Crippen molar-refractivity contribution in [3.8, 4) is 11.5 Å². The van der Waals surface area contributed by atoms with Gasteiger partial charge in [0.2, 0.25) is 12.7 Å². The average Bonchev–Trinajstić information content (AvgIpc) is 3.70. The number of aryl methyl sites for hydroxylation is 1. The summed E-state index contributed by atoms with van der Waals surface area (Å²) in [5.74, 6) is 1.97. The van der Waals surface area contributed by atoms with Crippen LogP contribution in [0.4, 0.5) is 23.7 Å². The van der Waals surface area contributed by atoms with Gasteiger partial charge in [-0.05, 0) is 61.7 Å². The summed E-state index contributed by atoms with van der Waals surface area (Å²) in [5, 5.41) is 2.36. The number of rotatable bonds is 9. The maximum absolute atomic E-state index is 13.7. The number of urea groups is 1. The predicted octanol–water partition coefficient (Wildman–Crippen LogP) is 5.58. The maximum Gasteiger partial charge on any atom is 0.418 e. The average molecular weight is 574 g/mol. The number of ether oxygens (including phenoxy) is 3. The van der Waals surface area contributed by atoms with Gasteiger partial charge < -0.3 is 33.7 Å². The fourth-order valence-corrected chi connectivity index (χ4v) is 4.80. The van der Waals surface area contributed by atoms with E-state index in [-0.39, 0.29) is 39.1 Å². The van der Waals surface area contributed by atoms with Crippen LogP contribution in [-0.2, 0) is 28.8 Å². The Morgan fingerprint density at radius 2 is 1.80 bits per heavy atom. The lowest BCUT2D eigenvalue weighted by Crippen LogP contribution is -2.47. The fraction of sp³-hybridized carbons (Fsp3) is 0.379. The molecule has 218 valence electrons. The number of amides is 3. The number of nitrogens with zero attached hydrogens (tertiary/aromatic N) is 2. The minimum Gasteiger partial charge on any atom is -0.464 e. The molecular formula is C29H30F3N3O6. The van der Waals surface area contributed by atoms with Gasteiger partial charge in [0.05, 0.1) is 23.9 Å². The third kappa shape index (κ3) is 7.12. The lowest BCUT2D eigenvalue weighted by atomic mass is 10.1. The zero-order valence-corrected chi connectivity index (χ0v) is 22.4. The summed E-state index contributed by atoms with van der Waals surface area (Å²) in [6, 6.07) is 12.8. The normalized spacial score (nSPS) is 16.0. The molecule has 1 unspecified atom stereocenters. The van der Waals surface area contributed by atoms with Crippen LogP contribution in [0.1, 0.15) is 35.5 Å². The molecule has 2 aromatic carbocycles. The molecule has 3 heterocycles. The highest BCUT2D eigenvalue weighted by Crippen LogP contribution is 2.35. The second kappa shape index (κ2) is 12.1. The molecule has 5 rings (SSSR count). The maximum atomic E-state index is 13.7. The van der Waals surface area contributed by atoms with E-state index in [1.54, 1.807) is 31.2 Å². The Labute approximate surface area is 234 Å². The molecule has 3 amide bonds. The first-order valence-electron chi connectivity index (χ1n) is 13.2. The number of alkyl halides is 3. The second-order valence-electron chi connectivity index (χ2n) is 9.94. The molecule has 0 bridgehead atoms. The van der Waals surface area contributed by atoms with Crippen LogP contribution in [-0.4, -0.2) is 54.3 Å². The van der Waals surface area contributed by atoms with Gasteiger partial charge in [-0.25, -0.2) is 4.79 Å². The predicted molar refractivity (Wildman–Crippen MR) is 141 cm³/mol. The van der Waals surface area contributed by atoms with Gasteiger partial charge in [-0.1, -0.05) is 18.2 Å². The summed E-state index contributed by atoms with van der Waals surface area (Å²) >= 11 is 0. The third-order valence-corrected chi connectivity index (χ3v) is 6.84. The largest absolute Gasteiger partial charge is 0.464 e. The lowest BCUT2D eigenvalue weighted by molar-refractivity contribution is -0.137. The number of carbonyl (C=O) groups is 2. The zero-order valence-electron chi connectivity index (χ0n) is 22.4. The molecule has 12 heteroatoms. The number of halogens is 3. The number of hydrogen-bond donors (Lipinski definition) is 1. The van der Waals surface area contributed by atoms with E-state index in [9.17, 15) is 22.8 Å². The van der Waals surface area contributed by atoms with Crippen molar-refractivity contribution in [1.29, 1.82) is 0 Å². The highest BCUT2D eigenvalue weighted by molar-refractivity contribution is 5.93. The van der Waals surface area contributed by atoms with Crippen molar-refractivity contribution in [3.63, 3.8) is 0 Å². The molecule has 1 saturated heterocycles. The van der Waals surface area contributed by atoms with Crippen LogP contribution < -0.4 is 14.8 Å². The molecule has 0 aliphatic carbocycles. The molecule has 2 aliphatic heterocycles. The Balaban J connectivity index is 1.37. The number of hydrogen-bond acceptors (Lipinski definition) is 6. The monoisotopic (exact) mass is 573 g/mol. The van der Waals surface area contributed by atoms with Crippen LogP contribution in [0.3, 0.4) is 0 Å². The first-order chi connectivity index (χ1) is 19.7. The molecule has 0 radical (unpaired) electrons. The number of benzene rings is 2. The van der Waals surface area contributed by atoms with Crippen molar-refractivity contribution >= 4 is 17.6 Å². The summed E-state index contributed by atoms with van der Waals surface area (Å²) in [6.45, 7) is 2.36. The van der Waals surface area contributed by atoms with Gasteiger partial charge >= 0.3 is 12.2 Å². The molecular weight excluding hydrogens is 543 g/mol. The van der Waals surface area contributed by atoms with Crippen molar-refractivity contribution in [3.05, 3.63) is 77.2 Å². The summed E-state index contributed by atoms with van der Waals surface area (Å²) in [4.78, 5) is 29.8. The number of nitrogens with one attached hydrogen (secondary N) is 1. The molecule has 41 heavy (non-hydrogen) atoms. The first-order valence-corrected chi connectivity index (χ1v) is 13.2. The quantitative estimate of drug-likeness (QED) is 0.360. The minimum absolute atomic E-state index is 0.0451. The lowest BCUT2D eigenvalue weighted by Gasteiger charge is -2.29. The third-order valence-electron chi connectivity index (χ3n) is 6.84. The van der Waals surface area contributed by atoms with Gasteiger partial charge in [-0.15, -0.1) is 0 Å². The Hall–Kier alpha value is -4.19. The van der Waals surface area contributed by atoms with E-state index in [0.717, 1.165) is 18.1 Å². The zero-order chi connectivity index (χ0) is 29.0. The van der Waals surface area contributed by atoms with E-state index in [1.165, 1.54) is 28.0 Å². The topological polar surface area (TPSA) is 93.5 Å². The van der Waals surface area contributed by atoms with E-state index in [2.05, 4.69) is 5.32 Å². The van der Waals surface area contributed by atoms with Gasteiger partial charge in [0.15, 0.2) is 11.5 Å². The number of para-hydroxylation sites is 1. The van der Waals surface area contributed by atoms with Gasteiger partial charge in [0.1, 0.15) is 18.1 Å². The van der Waals surface area contributed by atoms with Gasteiger partial charge in [0, 0.05) is 19.7 Å². The summed E-state index contributed by atoms with van der Waals surface area (Å²) in [7, 11) is 0. The minimum atomic E-state index is -4.67. The van der Waals surface area contributed by atoms with E-state index >= 15 is 0 Å². The van der Waals surface area contributed by atoms with E-state index in [4.69, 9.17) is 18.6 Å². The van der Waals surface area contributed by atoms with E-state index in [0.29, 0.717) is 36.0 Å². The van der Waals surface area contributed by atoms with Gasteiger partial charge in [0.25, 0.3) is 0 Å². The number of furan rings is 1. The van der Waals surface area contributed by atoms with Crippen LogP contribution in [0.2, 0.25) is 0 Å². The highest BCUT2D eigenvalue weighted by atomic mass is 19.4. The Morgan fingerprint density at radius 3 is 2.54 bits per heavy atom. The van der Waals surface area contributed by atoms with Crippen molar-refractivity contribution in [1.82, 2.24) is 9.80 Å². The molecule has 9 nitrogen and oxygen atoms in total. The van der Waals surface area contributed by atoms with E-state index in [1.807, 2.05) is 6.07 Å². The molecule has 1 N–H and O–H groups in total. The molecule has 1 atom stereocenters. The van der Waals surface area contributed by atoms with Crippen molar-refractivity contribution in [2.24, 2.45) is 0 Å². The van der Waals surface area contributed by atoms with Crippen molar-refractivity contribution in [2.45, 2.75) is 45.1 Å². The van der Waals surface area contributed by atoms with Crippen LogP contribution in [0.5, 0.6) is 11.5 Å². The summed E-state index contributed by atoms with van der Waals surface area (Å²) in [6.07, 6.45) is -3.54. The molecule has 0 saturated carbocycles. The molecule has 0 spiro atoms. The molecule has 1 aromatic heterocycles. The Morgan fingerprint density at radius 1 is 1.00 bits per heavy atom. The highest BCUT2D eigenvalue weighted by Gasteiger charge is 2.34. The fourth-order valence-electron chi connectivity index (χ4n) is 4.80. The van der Waals surface area contributed by atoms with Crippen LogP contribution in [0.15, 0.2) is 59.0 Å². The van der Waals surface area contributed by atoms with Crippen LogP contribution >= 0.6 is 0 Å². The Kier molecular flexibility index (Phi) is 8.39. The summed E-state index contributed by atoms with van der Waals surface area (Å²) in [5.41, 5.74) is -0.604. The smallest absolute Gasteiger partial charge is 0.418 e. The molecule has 2 aliphatic rings. The SMILES string of the molecule is Cc1ccc(CN(Cc2ccc3c(c2)OCO3)C(=O)CN(CC2CCCO2)C(=O)Nc2ccccc2C(F)(F)F)o1. The Bertz CT molecular complexity index is 1390. The molecule has 1 fully saturated rings. The first kappa shape index (κ1) is 28.3. The second-order valence-corrected chi connectivity index (χ2v) is 9.94. The number of anilines is 1. The summed E-state index contributed by atoms with van der Waals surface area (Å²) < 4.78 is 62.9. The van der Waals surface area contributed by atoms with Crippen LogP contribution in [0, 0.1) is 6.92 Å². The standard InChI is InChI=1S/C29H30F3N3O6/c1-19-8-10-22(41-19)16-34(14-20-9-11-25-26(13-20)40-18-39-25)27(36)17-35(15-21-5-4-12-38-21)28(37)33-24-7-3-2-6-23(24)29(30,31)32/h2-3,6-11,13,21H,4-5,12,14-18H2,1H3,(H,33,37). The van der Waals surface area contributed by atoms with Crippen molar-refractivity contribution in [2.75, 3.05) is 31.8 Å². The van der Waals surface area contributed by atoms with E-state index < -0.39 is 29.4 Å². The molecule has 3 aromatic rings. The van der Waals surface area contributed by atoms with Crippen LogP contribution in [0.25, 0.3) is 0 Å². The number of fused-ring (bicyclic) bond motifs is 1. The number of carbonyl (C=O) groups excluding carboxylic acids is 2. The van der Waals surface area contributed by atoms with Gasteiger partial charge in [-0.2, -0.15) is 13.2 Å². The van der Waals surface area contributed by atoms with Gasteiger partial charge in [-0.3, -0.25) is 4.79 Å². The van der Waals surface area contributed by atoms with Crippen molar-refractivity contribution < 1.29 is 41.4 Å².